The maximum absolute atomic E-state index is 4.23. The van der Waals surface area contributed by atoms with E-state index < -0.39 is 0 Å². The molecular formula is C9H10S5. The molecule has 0 N–H and O–H groups in total. The molecule has 76 valence electrons. The maximum Gasteiger partial charge on any atom is 0.0697 e. The van der Waals surface area contributed by atoms with Crippen molar-refractivity contribution in [1.29, 1.82) is 0 Å². The Morgan fingerprint density at radius 2 is 1.86 bits per heavy atom. The minimum absolute atomic E-state index is 0.986. The molecule has 2 rings (SSSR count). The fourth-order valence-electron chi connectivity index (χ4n) is 1.04. The van der Waals surface area contributed by atoms with Crippen molar-refractivity contribution < 1.29 is 0 Å². The molecular weight excluding hydrogens is 268 g/mol. The largest absolute Gasteiger partial charge is 0.179 e. The Morgan fingerprint density at radius 3 is 2.57 bits per heavy atom. The number of rotatable bonds is 3. The van der Waals surface area contributed by atoms with Crippen molar-refractivity contribution in [3.05, 3.63) is 29.6 Å². The molecule has 2 aliphatic heterocycles. The zero-order chi connectivity index (χ0) is 9.80. The van der Waals surface area contributed by atoms with Gasteiger partial charge >= 0.3 is 0 Å². The highest BCUT2D eigenvalue weighted by Crippen LogP contribution is 2.53. The lowest BCUT2D eigenvalue weighted by Crippen LogP contribution is -1.76. The van der Waals surface area contributed by atoms with E-state index in [0.29, 0.717) is 0 Å². The van der Waals surface area contributed by atoms with Crippen LogP contribution in [0.1, 0.15) is 12.8 Å². The molecule has 0 saturated heterocycles. The molecule has 0 fully saturated rings. The summed E-state index contributed by atoms with van der Waals surface area (Å²) in [6.45, 7) is 0. The standard InChI is InChI=1S/C9H10S5/c10-3-1-2-7-6-13-9(14-7)8-11-4-5-12-8/h4-6,10H,1-3H2. The molecule has 0 aliphatic carbocycles. The fraction of sp³-hybridized carbons (Fsp3) is 0.333. The van der Waals surface area contributed by atoms with E-state index in [1.54, 1.807) is 0 Å². The van der Waals surface area contributed by atoms with Crippen molar-refractivity contribution in [2.45, 2.75) is 12.8 Å². The predicted octanol–water partition coefficient (Wildman–Crippen LogP) is 5.10. The molecule has 0 aromatic rings. The monoisotopic (exact) mass is 278 g/mol. The smallest absolute Gasteiger partial charge is 0.0697 e. The first kappa shape index (κ1) is 11.5. The molecule has 0 bridgehead atoms. The van der Waals surface area contributed by atoms with E-state index >= 15 is 0 Å². The molecule has 0 atom stereocenters. The van der Waals surface area contributed by atoms with Crippen molar-refractivity contribution in [3.8, 4) is 0 Å². The summed E-state index contributed by atoms with van der Waals surface area (Å²) in [5.74, 6) is 0.986. The van der Waals surface area contributed by atoms with Crippen LogP contribution in [0, 0.1) is 0 Å². The highest BCUT2D eigenvalue weighted by molar-refractivity contribution is 8.33. The van der Waals surface area contributed by atoms with E-state index in [2.05, 4.69) is 28.9 Å². The van der Waals surface area contributed by atoms with Gasteiger partial charge in [0.2, 0.25) is 0 Å². The molecule has 14 heavy (non-hydrogen) atoms. The minimum atomic E-state index is 0.986. The summed E-state index contributed by atoms with van der Waals surface area (Å²) in [4.78, 5) is 1.50. The fourth-order valence-corrected chi connectivity index (χ4v) is 5.77. The third-order valence-electron chi connectivity index (χ3n) is 1.67. The molecule has 0 aromatic carbocycles. The third-order valence-corrected chi connectivity index (χ3v) is 7.12. The Kier molecular flexibility index (Phi) is 4.82. The Bertz CT molecular complexity index is 292. The van der Waals surface area contributed by atoms with E-state index in [-0.39, 0.29) is 0 Å². The molecule has 0 saturated carbocycles. The van der Waals surface area contributed by atoms with Gasteiger partial charge in [0.1, 0.15) is 0 Å². The van der Waals surface area contributed by atoms with E-state index in [9.17, 15) is 0 Å². The van der Waals surface area contributed by atoms with Crippen LogP contribution in [0.25, 0.3) is 0 Å². The molecule has 5 heteroatoms. The van der Waals surface area contributed by atoms with E-state index in [1.165, 1.54) is 26.2 Å². The summed E-state index contributed by atoms with van der Waals surface area (Å²) in [7, 11) is 0. The maximum atomic E-state index is 4.23. The Labute approximate surface area is 107 Å². The molecule has 0 nitrogen and oxygen atoms in total. The first-order chi connectivity index (χ1) is 6.90. The lowest BCUT2D eigenvalue weighted by atomic mass is 10.3. The van der Waals surface area contributed by atoms with Crippen molar-refractivity contribution in [1.82, 2.24) is 0 Å². The first-order valence-corrected chi connectivity index (χ1v) is 8.36. The van der Waals surface area contributed by atoms with Crippen molar-refractivity contribution >= 4 is 59.7 Å². The van der Waals surface area contributed by atoms with Gasteiger partial charge in [-0.15, -0.1) is 0 Å². The third kappa shape index (κ3) is 2.98. The van der Waals surface area contributed by atoms with Gasteiger partial charge in [-0.1, -0.05) is 47.0 Å². The lowest BCUT2D eigenvalue weighted by Gasteiger charge is -2.01. The van der Waals surface area contributed by atoms with Crippen LogP contribution in [0.15, 0.2) is 29.6 Å². The molecule has 0 spiro atoms. The summed E-state index contributed by atoms with van der Waals surface area (Å²) in [6, 6.07) is 0. The Balaban J connectivity index is 1.88. The number of thioether (sulfide) groups is 4. The van der Waals surface area contributed by atoms with Gasteiger partial charge in [0.25, 0.3) is 0 Å². The highest BCUT2D eigenvalue weighted by Gasteiger charge is 2.17. The topological polar surface area (TPSA) is 0 Å². The molecule has 2 aliphatic rings. The Morgan fingerprint density at radius 1 is 1.07 bits per heavy atom. The number of hydrogen-bond acceptors (Lipinski definition) is 5. The van der Waals surface area contributed by atoms with E-state index in [1.807, 2.05) is 47.0 Å². The van der Waals surface area contributed by atoms with Crippen LogP contribution in [-0.2, 0) is 0 Å². The molecule has 0 aromatic heterocycles. The highest BCUT2D eigenvalue weighted by atomic mass is 32.2. The summed E-state index contributed by atoms with van der Waals surface area (Å²) in [6.07, 6.45) is 2.37. The average Bonchev–Trinajstić information content (AvgIpc) is 2.85. The second-order valence-corrected chi connectivity index (χ2v) is 7.53. The van der Waals surface area contributed by atoms with Crippen molar-refractivity contribution in [2.75, 3.05) is 5.75 Å². The summed E-state index contributed by atoms with van der Waals surface area (Å²) in [5, 5.41) is 6.59. The van der Waals surface area contributed by atoms with Crippen molar-refractivity contribution in [3.63, 3.8) is 0 Å². The van der Waals surface area contributed by atoms with Crippen LogP contribution >= 0.6 is 59.7 Å². The van der Waals surface area contributed by atoms with E-state index in [0.717, 1.165) is 5.75 Å². The zero-order valence-corrected chi connectivity index (χ0v) is 11.6. The molecule has 0 unspecified atom stereocenters. The number of hydrogen-bond donors (Lipinski definition) is 1. The molecule has 0 radical (unpaired) electrons. The van der Waals surface area contributed by atoms with Gasteiger partial charge in [-0.05, 0) is 39.7 Å². The van der Waals surface area contributed by atoms with Crippen LogP contribution in [0.5, 0.6) is 0 Å². The SMILES string of the molecule is SCCCC1=CSC(=C2SC=CS2)S1. The van der Waals surface area contributed by atoms with Crippen LogP contribution in [0.4, 0.5) is 0 Å². The number of thiol groups is 1. The van der Waals surface area contributed by atoms with Gasteiger partial charge < -0.3 is 0 Å². The van der Waals surface area contributed by atoms with Gasteiger partial charge in [-0.2, -0.15) is 12.6 Å². The average molecular weight is 279 g/mol. The summed E-state index contributed by atoms with van der Waals surface area (Å²) >= 11 is 11.7. The van der Waals surface area contributed by atoms with Crippen LogP contribution in [0.3, 0.4) is 0 Å². The normalized spacial score (nSPS) is 20.8. The number of allylic oxidation sites excluding steroid dienone is 1. The van der Waals surface area contributed by atoms with E-state index in [4.69, 9.17) is 0 Å². The van der Waals surface area contributed by atoms with Gasteiger partial charge in [-0.3, -0.25) is 0 Å². The van der Waals surface area contributed by atoms with Gasteiger partial charge in [0, 0.05) is 0 Å². The minimum Gasteiger partial charge on any atom is -0.179 e. The van der Waals surface area contributed by atoms with Gasteiger partial charge in [0.15, 0.2) is 0 Å². The summed E-state index contributed by atoms with van der Waals surface area (Å²) < 4.78 is 2.90. The first-order valence-electron chi connectivity index (χ1n) is 4.27. The lowest BCUT2D eigenvalue weighted by molar-refractivity contribution is 0.966. The van der Waals surface area contributed by atoms with Crippen molar-refractivity contribution in [2.24, 2.45) is 0 Å². The quantitative estimate of drug-likeness (QED) is 0.713. The predicted molar refractivity (Wildman–Crippen MR) is 77.7 cm³/mol. The zero-order valence-electron chi connectivity index (χ0n) is 7.43. The van der Waals surface area contributed by atoms with Crippen LogP contribution < -0.4 is 0 Å². The van der Waals surface area contributed by atoms with Crippen LogP contribution in [-0.4, -0.2) is 5.75 Å². The van der Waals surface area contributed by atoms with Gasteiger partial charge in [-0.25, -0.2) is 0 Å². The second-order valence-electron chi connectivity index (χ2n) is 2.71. The second kappa shape index (κ2) is 5.89. The van der Waals surface area contributed by atoms with Gasteiger partial charge in [0.05, 0.1) is 8.47 Å². The molecule has 2 heterocycles. The molecule has 0 amide bonds. The van der Waals surface area contributed by atoms with Crippen LogP contribution in [0.2, 0.25) is 0 Å². The summed E-state index contributed by atoms with van der Waals surface area (Å²) in [5.41, 5.74) is 0. The Hall–Kier alpha value is 0.970.